The number of nitrogens with zero attached hydrogens (tertiary/aromatic N) is 2. The summed E-state index contributed by atoms with van der Waals surface area (Å²) in [4.78, 5) is 19.0. The van der Waals surface area contributed by atoms with Crippen LogP contribution < -0.4 is 5.32 Å². The Labute approximate surface area is 176 Å². The molecule has 1 heterocycles. The Bertz CT molecular complexity index is 850. The van der Waals surface area contributed by atoms with Crippen molar-refractivity contribution in [2.45, 2.75) is 12.5 Å². The Morgan fingerprint density at radius 2 is 1.62 bits per heavy atom. The lowest BCUT2D eigenvalue weighted by atomic mass is 9.96. The Balaban J connectivity index is 1.85. The van der Waals surface area contributed by atoms with Crippen LogP contribution in [-0.2, 0) is 4.79 Å². The zero-order valence-corrected chi connectivity index (χ0v) is 16.8. The fraction of sp³-hybridized carbons (Fsp3) is 0.217. The molecule has 0 saturated heterocycles. The monoisotopic (exact) mass is 409 g/mol. The molecule has 0 fully saturated rings. The summed E-state index contributed by atoms with van der Waals surface area (Å²) in [6, 6.07) is 23.4. The number of pyridine rings is 1. The maximum absolute atomic E-state index is 12.7. The van der Waals surface area contributed by atoms with Gasteiger partial charge in [-0.1, -0.05) is 72.3 Å². The molecular weight excluding hydrogens is 386 g/mol. The third kappa shape index (κ3) is 6.12. The second-order valence-electron chi connectivity index (χ2n) is 6.68. The van der Waals surface area contributed by atoms with Gasteiger partial charge >= 0.3 is 0 Å². The van der Waals surface area contributed by atoms with E-state index in [1.807, 2.05) is 36.4 Å². The molecule has 0 unspecified atom stereocenters. The molecule has 2 N–H and O–H groups in total. The van der Waals surface area contributed by atoms with E-state index < -0.39 is 0 Å². The van der Waals surface area contributed by atoms with Gasteiger partial charge in [0.05, 0.1) is 17.6 Å². The van der Waals surface area contributed by atoms with Crippen molar-refractivity contribution in [2.24, 2.45) is 0 Å². The number of hydrogen-bond donors (Lipinski definition) is 2. The summed E-state index contributed by atoms with van der Waals surface area (Å²) in [5.74, 6) is 0.284. The molecule has 0 spiro atoms. The molecule has 0 bridgehead atoms. The molecular formula is C23H24ClN3O2. The van der Waals surface area contributed by atoms with E-state index in [4.69, 9.17) is 11.6 Å². The van der Waals surface area contributed by atoms with Gasteiger partial charge in [-0.15, -0.1) is 0 Å². The van der Waals surface area contributed by atoms with Crippen molar-refractivity contribution >= 4 is 23.3 Å². The molecule has 3 aromatic rings. The molecule has 3 rings (SSSR count). The average molecular weight is 410 g/mol. The van der Waals surface area contributed by atoms with E-state index >= 15 is 0 Å². The van der Waals surface area contributed by atoms with Crippen LogP contribution in [0.4, 0.5) is 5.82 Å². The number of halogens is 1. The predicted octanol–water partition coefficient (Wildman–Crippen LogP) is 4.15. The topological polar surface area (TPSA) is 65.5 Å². The minimum absolute atomic E-state index is 0.0627. The van der Waals surface area contributed by atoms with Crippen molar-refractivity contribution in [3.05, 3.63) is 95.1 Å². The van der Waals surface area contributed by atoms with E-state index in [1.165, 1.54) is 6.20 Å². The lowest BCUT2D eigenvalue weighted by Crippen LogP contribution is -2.38. The van der Waals surface area contributed by atoms with E-state index in [0.717, 1.165) is 11.1 Å². The van der Waals surface area contributed by atoms with Gasteiger partial charge in [-0.05, 0) is 29.7 Å². The van der Waals surface area contributed by atoms with Crippen molar-refractivity contribution in [1.82, 2.24) is 9.88 Å². The molecule has 29 heavy (non-hydrogen) atoms. The lowest BCUT2D eigenvalue weighted by Gasteiger charge is -2.32. The summed E-state index contributed by atoms with van der Waals surface area (Å²) < 4.78 is 0. The first-order valence-corrected chi connectivity index (χ1v) is 9.91. The molecule has 6 heteroatoms. The summed E-state index contributed by atoms with van der Waals surface area (Å²) in [5.41, 5.74) is 2.18. The van der Waals surface area contributed by atoms with Crippen LogP contribution in [0.3, 0.4) is 0 Å². The zero-order valence-electron chi connectivity index (χ0n) is 16.0. The molecule has 0 aliphatic heterocycles. The Morgan fingerprint density at radius 3 is 2.14 bits per heavy atom. The summed E-state index contributed by atoms with van der Waals surface area (Å²) in [7, 11) is 0. The zero-order chi connectivity index (χ0) is 20.5. The molecule has 150 valence electrons. The number of rotatable bonds is 9. The smallest absolute Gasteiger partial charge is 0.239 e. The first-order chi connectivity index (χ1) is 14.2. The lowest BCUT2D eigenvalue weighted by molar-refractivity contribution is -0.117. The molecule has 0 saturated carbocycles. The standard InChI is InChI=1S/C23H24ClN3O2/c24-20-12-13-21(25-16-20)26-22(29)17-27(14-7-15-28)23(18-8-3-1-4-9-18)19-10-5-2-6-11-19/h1-6,8-13,16,23,28H,7,14-15,17H2,(H,25,26,29). The number of aliphatic hydroxyl groups excluding tert-OH is 1. The van der Waals surface area contributed by atoms with E-state index in [1.54, 1.807) is 12.1 Å². The largest absolute Gasteiger partial charge is 0.396 e. The summed E-state index contributed by atoms with van der Waals surface area (Å²) >= 11 is 5.86. The van der Waals surface area contributed by atoms with Gasteiger partial charge in [0.1, 0.15) is 5.82 Å². The maximum atomic E-state index is 12.7. The second-order valence-corrected chi connectivity index (χ2v) is 7.12. The van der Waals surface area contributed by atoms with Crippen LogP contribution in [0.1, 0.15) is 23.6 Å². The molecule has 0 aliphatic carbocycles. The molecule has 5 nitrogen and oxygen atoms in total. The molecule has 0 atom stereocenters. The first-order valence-electron chi connectivity index (χ1n) is 9.53. The maximum Gasteiger partial charge on any atom is 0.239 e. The van der Waals surface area contributed by atoms with Crippen molar-refractivity contribution < 1.29 is 9.90 Å². The van der Waals surface area contributed by atoms with Crippen LogP contribution in [0.15, 0.2) is 79.0 Å². The van der Waals surface area contributed by atoms with Crippen LogP contribution in [0.25, 0.3) is 0 Å². The van der Waals surface area contributed by atoms with Crippen LogP contribution in [-0.4, -0.2) is 40.6 Å². The van der Waals surface area contributed by atoms with Gasteiger partial charge in [0.2, 0.25) is 5.91 Å². The molecule has 1 amide bonds. The Morgan fingerprint density at radius 1 is 1.00 bits per heavy atom. The van der Waals surface area contributed by atoms with Crippen molar-refractivity contribution in [1.29, 1.82) is 0 Å². The number of hydrogen-bond acceptors (Lipinski definition) is 4. The number of carbonyl (C=O) groups is 1. The normalized spacial score (nSPS) is 11.0. The van der Waals surface area contributed by atoms with Gasteiger partial charge in [0.25, 0.3) is 0 Å². The number of nitrogens with one attached hydrogen (secondary N) is 1. The number of amides is 1. The molecule has 2 aromatic carbocycles. The minimum Gasteiger partial charge on any atom is -0.396 e. The SMILES string of the molecule is O=C(CN(CCCO)C(c1ccccc1)c1ccccc1)Nc1ccc(Cl)cn1. The van der Waals surface area contributed by atoms with Crippen molar-refractivity contribution in [3.63, 3.8) is 0 Å². The molecule has 1 aromatic heterocycles. The number of aliphatic hydroxyl groups is 1. The van der Waals surface area contributed by atoms with Crippen LogP contribution in [0, 0.1) is 0 Å². The summed E-state index contributed by atoms with van der Waals surface area (Å²) in [6.07, 6.45) is 2.07. The van der Waals surface area contributed by atoms with Crippen LogP contribution >= 0.6 is 11.6 Å². The van der Waals surface area contributed by atoms with Gasteiger partial charge in [-0.2, -0.15) is 0 Å². The minimum atomic E-state index is -0.172. The fourth-order valence-electron chi connectivity index (χ4n) is 3.27. The average Bonchev–Trinajstić information content (AvgIpc) is 2.75. The van der Waals surface area contributed by atoms with Gasteiger partial charge in [-0.25, -0.2) is 4.98 Å². The van der Waals surface area contributed by atoms with E-state index in [2.05, 4.69) is 39.5 Å². The number of benzene rings is 2. The molecule has 0 aliphatic rings. The van der Waals surface area contributed by atoms with E-state index in [9.17, 15) is 9.90 Å². The quantitative estimate of drug-likeness (QED) is 0.557. The van der Waals surface area contributed by atoms with Gasteiger partial charge in [0, 0.05) is 19.3 Å². The van der Waals surface area contributed by atoms with E-state index in [-0.39, 0.29) is 25.1 Å². The van der Waals surface area contributed by atoms with Crippen molar-refractivity contribution in [2.75, 3.05) is 25.0 Å². The first kappa shape index (κ1) is 21.0. The van der Waals surface area contributed by atoms with Crippen LogP contribution in [0.5, 0.6) is 0 Å². The van der Waals surface area contributed by atoms with Gasteiger partial charge < -0.3 is 10.4 Å². The highest BCUT2D eigenvalue weighted by Gasteiger charge is 2.24. The van der Waals surface area contributed by atoms with Gasteiger partial charge in [0.15, 0.2) is 0 Å². The van der Waals surface area contributed by atoms with Gasteiger partial charge in [-0.3, -0.25) is 9.69 Å². The van der Waals surface area contributed by atoms with Crippen LogP contribution in [0.2, 0.25) is 5.02 Å². The highest BCUT2D eigenvalue weighted by Crippen LogP contribution is 2.28. The highest BCUT2D eigenvalue weighted by molar-refractivity contribution is 6.30. The predicted molar refractivity (Wildman–Crippen MR) is 116 cm³/mol. The second kappa shape index (κ2) is 10.7. The highest BCUT2D eigenvalue weighted by atomic mass is 35.5. The number of carbonyl (C=O) groups excluding carboxylic acids is 1. The fourth-order valence-corrected chi connectivity index (χ4v) is 3.39. The molecule has 0 radical (unpaired) electrons. The summed E-state index contributed by atoms with van der Waals surface area (Å²) in [5, 5.41) is 12.7. The third-order valence-electron chi connectivity index (χ3n) is 4.54. The number of anilines is 1. The number of aromatic nitrogens is 1. The third-order valence-corrected chi connectivity index (χ3v) is 4.76. The Hall–Kier alpha value is -2.73. The van der Waals surface area contributed by atoms with E-state index in [0.29, 0.717) is 23.8 Å². The summed E-state index contributed by atoms with van der Waals surface area (Å²) in [6.45, 7) is 0.804. The van der Waals surface area contributed by atoms with Crippen molar-refractivity contribution in [3.8, 4) is 0 Å². The Kier molecular flexibility index (Phi) is 7.76.